The minimum atomic E-state index is -3.53. The van der Waals surface area contributed by atoms with E-state index in [-0.39, 0.29) is 10.9 Å². The largest absolute Gasteiger partial charge is 0.398 e. The standard InChI is InChI=1S/C14H21ClN2O2S/c1-3-17(11-6-4-5-7-11)20(18,19)12-8-13(15)10(2)14(16)9-12/h8-9,11H,3-7,16H2,1-2H3. The van der Waals surface area contributed by atoms with Crippen molar-refractivity contribution < 1.29 is 8.42 Å². The molecule has 0 atom stereocenters. The maximum Gasteiger partial charge on any atom is 0.243 e. The number of nitrogens with zero attached hydrogens (tertiary/aromatic N) is 1. The van der Waals surface area contributed by atoms with E-state index in [9.17, 15) is 8.42 Å². The van der Waals surface area contributed by atoms with Crippen LogP contribution in [-0.2, 0) is 10.0 Å². The molecule has 6 heteroatoms. The molecule has 1 aliphatic rings. The maximum atomic E-state index is 12.8. The van der Waals surface area contributed by atoms with Crippen molar-refractivity contribution in [2.45, 2.75) is 50.5 Å². The van der Waals surface area contributed by atoms with Gasteiger partial charge in [0.2, 0.25) is 10.0 Å². The Morgan fingerprint density at radius 3 is 2.45 bits per heavy atom. The summed E-state index contributed by atoms with van der Waals surface area (Å²) in [5.74, 6) is 0. The van der Waals surface area contributed by atoms with Gasteiger partial charge in [-0.2, -0.15) is 4.31 Å². The molecule has 0 heterocycles. The predicted molar refractivity (Wildman–Crippen MR) is 82.4 cm³/mol. The third-order valence-electron chi connectivity index (χ3n) is 4.01. The van der Waals surface area contributed by atoms with E-state index in [2.05, 4.69) is 0 Å². The van der Waals surface area contributed by atoms with Crippen molar-refractivity contribution in [1.82, 2.24) is 4.31 Å². The number of sulfonamides is 1. The van der Waals surface area contributed by atoms with Gasteiger partial charge < -0.3 is 5.73 Å². The van der Waals surface area contributed by atoms with Crippen molar-refractivity contribution in [1.29, 1.82) is 0 Å². The Bertz CT molecular complexity index is 572. The minimum Gasteiger partial charge on any atom is -0.398 e. The van der Waals surface area contributed by atoms with Crippen LogP contribution in [-0.4, -0.2) is 25.3 Å². The number of hydrogen-bond donors (Lipinski definition) is 1. The van der Waals surface area contributed by atoms with Crippen LogP contribution in [0.4, 0.5) is 5.69 Å². The molecule has 0 spiro atoms. The second kappa shape index (κ2) is 5.92. The lowest BCUT2D eigenvalue weighted by atomic mass is 10.2. The number of rotatable bonds is 4. The summed E-state index contributed by atoms with van der Waals surface area (Å²) in [7, 11) is -3.53. The first-order valence-corrected chi connectivity index (χ1v) is 8.77. The summed E-state index contributed by atoms with van der Waals surface area (Å²) in [6.45, 7) is 4.12. The fourth-order valence-corrected chi connectivity index (χ4v) is 4.82. The predicted octanol–water partition coefficient (Wildman–Crippen LogP) is 3.18. The van der Waals surface area contributed by atoms with Crippen LogP contribution in [0.3, 0.4) is 0 Å². The minimum absolute atomic E-state index is 0.103. The first kappa shape index (κ1) is 15.6. The smallest absolute Gasteiger partial charge is 0.243 e. The van der Waals surface area contributed by atoms with Gasteiger partial charge in [0.05, 0.1) is 4.90 Å². The Labute approximate surface area is 126 Å². The van der Waals surface area contributed by atoms with Crippen LogP contribution >= 0.6 is 11.6 Å². The quantitative estimate of drug-likeness (QED) is 0.868. The van der Waals surface area contributed by atoms with Gasteiger partial charge in [0.15, 0.2) is 0 Å². The molecule has 0 amide bonds. The lowest BCUT2D eigenvalue weighted by Crippen LogP contribution is -2.38. The van der Waals surface area contributed by atoms with Crippen LogP contribution < -0.4 is 5.73 Å². The third kappa shape index (κ3) is 2.80. The highest BCUT2D eigenvalue weighted by atomic mass is 35.5. The molecular formula is C14H21ClN2O2S. The molecule has 0 unspecified atom stereocenters. The molecule has 0 aliphatic heterocycles. The molecule has 1 aromatic carbocycles. The summed E-state index contributed by atoms with van der Waals surface area (Å²) >= 11 is 6.07. The molecule has 4 nitrogen and oxygen atoms in total. The van der Waals surface area contributed by atoms with E-state index in [1.807, 2.05) is 6.92 Å². The fraction of sp³-hybridized carbons (Fsp3) is 0.571. The average molecular weight is 317 g/mol. The van der Waals surface area contributed by atoms with Gasteiger partial charge in [-0.3, -0.25) is 0 Å². The fourth-order valence-electron chi connectivity index (χ4n) is 2.78. The molecule has 2 N–H and O–H groups in total. The topological polar surface area (TPSA) is 63.4 Å². The Balaban J connectivity index is 2.42. The van der Waals surface area contributed by atoms with Crippen LogP contribution in [0.15, 0.2) is 17.0 Å². The van der Waals surface area contributed by atoms with E-state index in [0.717, 1.165) is 31.2 Å². The van der Waals surface area contributed by atoms with E-state index in [4.69, 9.17) is 17.3 Å². The average Bonchev–Trinajstić information content (AvgIpc) is 2.89. The summed E-state index contributed by atoms with van der Waals surface area (Å²) in [4.78, 5) is 0.194. The van der Waals surface area contributed by atoms with Gasteiger partial charge in [-0.15, -0.1) is 0 Å². The molecular weight excluding hydrogens is 296 g/mol. The van der Waals surface area contributed by atoms with Crippen LogP contribution in [0.1, 0.15) is 38.2 Å². The second-order valence-corrected chi connectivity index (χ2v) is 7.56. The van der Waals surface area contributed by atoms with Crippen molar-refractivity contribution >= 4 is 27.3 Å². The molecule has 0 aromatic heterocycles. The second-order valence-electron chi connectivity index (χ2n) is 5.27. The van der Waals surface area contributed by atoms with Crippen molar-refractivity contribution in [3.8, 4) is 0 Å². The third-order valence-corrected chi connectivity index (χ3v) is 6.41. The maximum absolute atomic E-state index is 12.8. The monoisotopic (exact) mass is 316 g/mol. The normalized spacial score (nSPS) is 17.0. The molecule has 0 radical (unpaired) electrons. The Morgan fingerprint density at radius 2 is 1.95 bits per heavy atom. The first-order valence-electron chi connectivity index (χ1n) is 6.95. The van der Waals surface area contributed by atoms with Gasteiger partial charge in [-0.05, 0) is 37.5 Å². The van der Waals surface area contributed by atoms with Crippen LogP contribution in [0.2, 0.25) is 5.02 Å². The van der Waals surface area contributed by atoms with Crippen LogP contribution in [0, 0.1) is 6.92 Å². The van der Waals surface area contributed by atoms with E-state index < -0.39 is 10.0 Å². The summed E-state index contributed by atoms with van der Waals surface area (Å²) in [6.07, 6.45) is 4.05. The molecule has 20 heavy (non-hydrogen) atoms. The van der Waals surface area contributed by atoms with Gasteiger partial charge in [0.25, 0.3) is 0 Å². The van der Waals surface area contributed by atoms with Gasteiger partial charge >= 0.3 is 0 Å². The Kier molecular flexibility index (Phi) is 4.62. The zero-order valence-corrected chi connectivity index (χ0v) is 13.5. The first-order chi connectivity index (χ1) is 9.37. The highest BCUT2D eigenvalue weighted by molar-refractivity contribution is 7.89. The van der Waals surface area contributed by atoms with Crippen molar-refractivity contribution in [3.63, 3.8) is 0 Å². The summed E-state index contributed by atoms with van der Waals surface area (Å²) < 4.78 is 27.1. The van der Waals surface area contributed by atoms with Gasteiger partial charge in [-0.1, -0.05) is 31.4 Å². The number of nitrogen functional groups attached to an aromatic ring is 1. The van der Waals surface area contributed by atoms with Gasteiger partial charge in [0.1, 0.15) is 0 Å². The highest BCUT2D eigenvalue weighted by Gasteiger charge is 2.32. The molecule has 1 saturated carbocycles. The number of halogens is 1. The van der Waals surface area contributed by atoms with E-state index in [1.54, 1.807) is 11.2 Å². The van der Waals surface area contributed by atoms with Crippen LogP contribution in [0.25, 0.3) is 0 Å². The Morgan fingerprint density at radius 1 is 1.35 bits per heavy atom. The lowest BCUT2D eigenvalue weighted by molar-refractivity contribution is 0.335. The molecule has 1 aromatic rings. The molecule has 1 aliphatic carbocycles. The number of nitrogens with two attached hydrogens (primary N) is 1. The molecule has 0 bridgehead atoms. The highest BCUT2D eigenvalue weighted by Crippen LogP contribution is 2.31. The zero-order chi connectivity index (χ0) is 14.9. The Hall–Kier alpha value is -0.780. The van der Waals surface area contributed by atoms with Crippen molar-refractivity contribution in [2.75, 3.05) is 12.3 Å². The number of benzene rings is 1. The number of anilines is 1. The summed E-state index contributed by atoms with van der Waals surface area (Å²) in [5, 5.41) is 0.394. The van der Waals surface area contributed by atoms with E-state index in [0.29, 0.717) is 17.3 Å². The number of hydrogen-bond acceptors (Lipinski definition) is 3. The molecule has 1 fully saturated rings. The molecule has 2 rings (SSSR count). The molecule has 0 saturated heterocycles. The SMILES string of the molecule is CCN(C1CCCC1)S(=O)(=O)c1cc(N)c(C)c(Cl)c1. The summed E-state index contributed by atoms with van der Waals surface area (Å²) in [5.41, 5.74) is 6.98. The zero-order valence-electron chi connectivity index (χ0n) is 11.9. The van der Waals surface area contributed by atoms with E-state index >= 15 is 0 Å². The van der Waals surface area contributed by atoms with Gasteiger partial charge in [0, 0.05) is 23.3 Å². The van der Waals surface area contributed by atoms with Gasteiger partial charge in [-0.25, -0.2) is 8.42 Å². The van der Waals surface area contributed by atoms with Crippen molar-refractivity contribution in [2.24, 2.45) is 0 Å². The molecule has 112 valence electrons. The lowest BCUT2D eigenvalue weighted by Gasteiger charge is -2.27. The van der Waals surface area contributed by atoms with E-state index in [1.165, 1.54) is 12.1 Å². The van der Waals surface area contributed by atoms with Crippen molar-refractivity contribution in [3.05, 3.63) is 22.7 Å². The van der Waals surface area contributed by atoms with Crippen LogP contribution in [0.5, 0.6) is 0 Å². The summed E-state index contributed by atoms with van der Waals surface area (Å²) in [6, 6.07) is 3.11.